The summed E-state index contributed by atoms with van der Waals surface area (Å²) < 4.78 is 0. The molecule has 10 N–H and O–H groups in total. The normalized spacial score (nSPS) is 13.6. The number of nitrogens with two attached hydrogens (primary N) is 2. The second-order valence-electron chi connectivity index (χ2n) is 9.29. The number of benzene rings is 2. The maximum absolute atomic E-state index is 13.2. The van der Waals surface area contributed by atoms with Crippen LogP contribution in [0.4, 0.5) is 0 Å². The lowest BCUT2D eigenvalue weighted by molar-refractivity contribution is -0.143. The van der Waals surface area contributed by atoms with Gasteiger partial charge < -0.3 is 42.7 Å². The molecule has 14 nitrogen and oxygen atoms in total. The van der Waals surface area contributed by atoms with Gasteiger partial charge in [-0.1, -0.05) is 42.5 Å². The Kier molecular flexibility index (Phi) is 12.2. The maximum atomic E-state index is 13.2. The molecular formula is C27H33N5O9. The summed E-state index contributed by atoms with van der Waals surface area (Å²) in [6.45, 7) is 0. The van der Waals surface area contributed by atoms with Crippen molar-refractivity contribution in [1.29, 1.82) is 0 Å². The largest absolute Gasteiger partial charge is 0.508 e. The van der Waals surface area contributed by atoms with E-state index in [-0.39, 0.29) is 18.6 Å². The number of carbonyl (C=O) groups is 6. The van der Waals surface area contributed by atoms with Gasteiger partial charge in [0.2, 0.25) is 23.6 Å². The number of nitrogens with one attached hydrogen (secondary N) is 3. The van der Waals surface area contributed by atoms with Gasteiger partial charge in [0.15, 0.2) is 0 Å². The van der Waals surface area contributed by atoms with Gasteiger partial charge in [0, 0.05) is 12.8 Å². The molecule has 0 saturated carbocycles. The molecule has 0 aliphatic carbocycles. The van der Waals surface area contributed by atoms with Crippen molar-refractivity contribution in [2.75, 3.05) is 0 Å². The van der Waals surface area contributed by atoms with Crippen molar-refractivity contribution in [2.45, 2.75) is 56.3 Å². The molecular weight excluding hydrogens is 538 g/mol. The van der Waals surface area contributed by atoms with E-state index in [4.69, 9.17) is 16.6 Å². The highest BCUT2D eigenvalue weighted by Gasteiger charge is 2.31. The zero-order valence-corrected chi connectivity index (χ0v) is 22.0. The summed E-state index contributed by atoms with van der Waals surface area (Å²) in [4.78, 5) is 73.2. The van der Waals surface area contributed by atoms with Crippen molar-refractivity contribution < 1.29 is 44.1 Å². The van der Waals surface area contributed by atoms with Crippen LogP contribution in [0.5, 0.6) is 5.75 Å². The van der Waals surface area contributed by atoms with E-state index in [0.717, 1.165) is 5.56 Å². The molecule has 0 saturated heterocycles. The standard InChI is InChI=1S/C27H33N5O9/c28-18(12-15-4-2-1-3-5-15)24(37)31-21(14-22(29)34)26(39)32-20(13-16-6-8-17(33)9-7-16)25(38)30-19(27(40)41)10-11-23(35)36/h1-9,18-21,33H,10-14,28H2,(H2,29,34)(H,30,38)(H,31,37)(H,32,39)(H,35,36)(H,40,41). The lowest BCUT2D eigenvalue weighted by Gasteiger charge is -2.25. The Morgan fingerprint density at radius 3 is 1.80 bits per heavy atom. The van der Waals surface area contributed by atoms with Crippen LogP contribution in [0.25, 0.3) is 0 Å². The quantitative estimate of drug-likeness (QED) is 0.119. The van der Waals surface area contributed by atoms with Crippen LogP contribution >= 0.6 is 0 Å². The van der Waals surface area contributed by atoms with Crippen LogP contribution in [0.2, 0.25) is 0 Å². The number of hydrogen-bond acceptors (Lipinski definition) is 8. The number of aromatic hydroxyl groups is 1. The Balaban J connectivity index is 2.23. The van der Waals surface area contributed by atoms with E-state index in [0.29, 0.717) is 5.56 Å². The molecule has 0 spiro atoms. The number of carboxylic acids is 2. The van der Waals surface area contributed by atoms with E-state index in [9.17, 15) is 39.0 Å². The minimum Gasteiger partial charge on any atom is -0.508 e. The molecule has 14 heteroatoms. The third kappa shape index (κ3) is 11.3. The Labute approximate surface area is 235 Å². The summed E-state index contributed by atoms with van der Waals surface area (Å²) >= 11 is 0. The number of hydrogen-bond donors (Lipinski definition) is 8. The van der Waals surface area contributed by atoms with Gasteiger partial charge >= 0.3 is 11.9 Å². The van der Waals surface area contributed by atoms with Gasteiger partial charge in [-0.05, 0) is 36.1 Å². The summed E-state index contributed by atoms with van der Waals surface area (Å²) in [5, 5.41) is 34.9. The van der Waals surface area contributed by atoms with Gasteiger partial charge in [0.05, 0.1) is 12.5 Å². The van der Waals surface area contributed by atoms with Crippen LogP contribution in [0.3, 0.4) is 0 Å². The molecule has 2 aromatic rings. The Bertz CT molecular complexity index is 1240. The summed E-state index contributed by atoms with van der Waals surface area (Å²) in [5.74, 6) is -6.44. The Hall–Kier alpha value is -4.98. The van der Waals surface area contributed by atoms with E-state index in [2.05, 4.69) is 16.0 Å². The number of phenols is 1. The summed E-state index contributed by atoms with van der Waals surface area (Å²) in [6.07, 6.45) is -1.64. The van der Waals surface area contributed by atoms with Crippen molar-refractivity contribution in [1.82, 2.24) is 16.0 Å². The SMILES string of the molecule is NC(=O)CC(NC(=O)C(N)Cc1ccccc1)C(=O)NC(Cc1ccc(O)cc1)C(=O)NC(CCC(=O)O)C(=O)O. The molecule has 0 aromatic heterocycles. The minimum atomic E-state index is -1.57. The zero-order valence-electron chi connectivity index (χ0n) is 22.0. The molecule has 4 unspecified atom stereocenters. The monoisotopic (exact) mass is 571 g/mol. The van der Waals surface area contributed by atoms with E-state index in [1.807, 2.05) is 0 Å². The van der Waals surface area contributed by atoms with E-state index in [1.54, 1.807) is 30.3 Å². The van der Waals surface area contributed by atoms with Gasteiger partial charge in [0.25, 0.3) is 0 Å². The lowest BCUT2D eigenvalue weighted by atomic mass is 10.0. The van der Waals surface area contributed by atoms with Crippen molar-refractivity contribution in [3.8, 4) is 5.75 Å². The molecule has 0 fully saturated rings. The first-order chi connectivity index (χ1) is 19.3. The highest BCUT2D eigenvalue weighted by atomic mass is 16.4. The predicted molar refractivity (Wildman–Crippen MR) is 144 cm³/mol. The molecule has 41 heavy (non-hydrogen) atoms. The van der Waals surface area contributed by atoms with Crippen LogP contribution < -0.4 is 27.4 Å². The second kappa shape index (κ2) is 15.6. The van der Waals surface area contributed by atoms with E-state index < -0.39 is 79.0 Å². The molecule has 0 heterocycles. The molecule has 4 atom stereocenters. The molecule has 0 aliphatic rings. The average Bonchev–Trinajstić information content (AvgIpc) is 2.91. The number of carboxylic acid groups (broad SMARTS) is 2. The van der Waals surface area contributed by atoms with Crippen LogP contribution in [-0.2, 0) is 41.6 Å². The van der Waals surface area contributed by atoms with Crippen molar-refractivity contribution >= 4 is 35.6 Å². The Morgan fingerprint density at radius 2 is 1.24 bits per heavy atom. The molecule has 2 rings (SSSR count). The number of aliphatic carboxylic acids is 2. The van der Waals surface area contributed by atoms with Gasteiger partial charge in [-0.2, -0.15) is 0 Å². The molecule has 2 aromatic carbocycles. The first-order valence-electron chi connectivity index (χ1n) is 12.6. The molecule has 4 amide bonds. The molecule has 0 bridgehead atoms. The van der Waals surface area contributed by atoms with Crippen molar-refractivity contribution in [3.63, 3.8) is 0 Å². The van der Waals surface area contributed by atoms with E-state index >= 15 is 0 Å². The number of amides is 4. The van der Waals surface area contributed by atoms with Crippen molar-refractivity contribution in [3.05, 3.63) is 65.7 Å². The third-order valence-electron chi connectivity index (χ3n) is 5.94. The lowest BCUT2D eigenvalue weighted by Crippen LogP contribution is -2.58. The maximum Gasteiger partial charge on any atom is 0.326 e. The van der Waals surface area contributed by atoms with Crippen molar-refractivity contribution in [2.24, 2.45) is 11.5 Å². The minimum absolute atomic E-state index is 0.0607. The first kappa shape index (κ1) is 32.2. The highest BCUT2D eigenvalue weighted by molar-refractivity contribution is 5.96. The van der Waals surface area contributed by atoms with Crippen LogP contribution in [0.15, 0.2) is 54.6 Å². The van der Waals surface area contributed by atoms with Crippen LogP contribution in [0, 0.1) is 0 Å². The predicted octanol–water partition coefficient (Wildman–Crippen LogP) is -1.22. The number of carbonyl (C=O) groups excluding carboxylic acids is 4. The number of phenolic OH excluding ortho intramolecular Hbond substituents is 1. The topological polar surface area (TPSA) is 251 Å². The molecule has 220 valence electrons. The fourth-order valence-corrected chi connectivity index (χ4v) is 3.80. The summed E-state index contributed by atoms with van der Waals surface area (Å²) in [5.41, 5.74) is 12.5. The average molecular weight is 572 g/mol. The van der Waals surface area contributed by atoms with Crippen LogP contribution in [0.1, 0.15) is 30.4 Å². The summed E-state index contributed by atoms with van der Waals surface area (Å²) in [6, 6.07) is 8.84. The number of primary amides is 1. The fraction of sp³-hybridized carbons (Fsp3) is 0.333. The van der Waals surface area contributed by atoms with Gasteiger partial charge in [-0.25, -0.2) is 4.79 Å². The first-order valence-corrected chi connectivity index (χ1v) is 12.6. The van der Waals surface area contributed by atoms with E-state index in [1.165, 1.54) is 24.3 Å². The zero-order chi connectivity index (χ0) is 30.5. The summed E-state index contributed by atoms with van der Waals surface area (Å²) in [7, 11) is 0. The fourth-order valence-electron chi connectivity index (χ4n) is 3.80. The highest BCUT2D eigenvalue weighted by Crippen LogP contribution is 2.12. The Morgan fingerprint density at radius 1 is 0.707 bits per heavy atom. The van der Waals surface area contributed by atoms with Gasteiger partial charge in [-0.3, -0.25) is 24.0 Å². The smallest absolute Gasteiger partial charge is 0.326 e. The van der Waals surface area contributed by atoms with Gasteiger partial charge in [-0.15, -0.1) is 0 Å². The molecule has 0 aliphatic heterocycles. The third-order valence-corrected chi connectivity index (χ3v) is 5.94. The van der Waals surface area contributed by atoms with Gasteiger partial charge in [0.1, 0.15) is 23.9 Å². The second-order valence-corrected chi connectivity index (χ2v) is 9.29. The van der Waals surface area contributed by atoms with Crippen LogP contribution in [-0.4, -0.2) is 75.1 Å². The molecule has 0 radical (unpaired) electrons. The number of rotatable bonds is 16.